The van der Waals surface area contributed by atoms with Crippen LogP contribution in [-0.4, -0.2) is 35.6 Å². The Morgan fingerprint density at radius 3 is 2.63 bits per heavy atom. The summed E-state index contributed by atoms with van der Waals surface area (Å²) >= 11 is 0. The first kappa shape index (κ1) is 13.4. The van der Waals surface area contributed by atoms with Crippen molar-refractivity contribution in [2.24, 2.45) is 5.41 Å². The van der Waals surface area contributed by atoms with E-state index in [1.54, 1.807) is 0 Å². The van der Waals surface area contributed by atoms with Crippen LogP contribution in [0.2, 0.25) is 0 Å². The molecule has 106 valence electrons. The second-order valence-corrected chi connectivity index (χ2v) is 7.75. The molecule has 1 aliphatic heterocycles. The molecule has 1 heterocycles. The summed E-state index contributed by atoms with van der Waals surface area (Å²) in [6.07, 6.45) is 8.48. The number of nitriles is 1. The minimum absolute atomic E-state index is 0.215. The molecule has 3 aliphatic rings. The molecular formula is C16H27N3. The zero-order chi connectivity index (χ0) is 13.5. The maximum atomic E-state index is 9.58. The van der Waals surface area contributed by atoms with E-state index in [1.807, 2.05) is 0 Å². The van der Waals surface area contributed by atoms with Gasteiger partial charge in [0.2, 0.25) is 0 Å². The zero-order valence-corrected chi connectivity index (χ0v) is 12.4. The summed E-state index contributed by atoms with van der Waals surface area (Å²) in [5, 5.41) is 13.2. The van der Waals surface area contributed by atoms with Crippen LogP contribution in [0.5, 0.6) is 0 Å². The van der Waals surface area contributed by atoms with Crippen LogP contribution in [0.1, 0.15) is 58.8 Å². The van der Waals surface area contributed by atoms with Crippen molar-refractivity contribution >= 4 is 0 Å². The Labute approximate surface area is 117 Å². The Kier molecular flexibility index (Phi) is 3.35. The Bertz CT molecular complexity index is 380. The quantitative estimate of drug-likeness (QED) is 0.849. The third-order valence-electron chi connectivity index (χ3n) is 5.21. The van der Waals surface area contributed by atoms with Crippen molar-refractivity contribution in [3.63, 3.8) is 0 Å². The van der Waals surface area contributed by atoms with Crippen molar-refractivity contribution in [3.8, 4) is 6.07 Å². The average Bonchev–Trinajstić information content (AvgIpc) is 3.05. The van der Waals surface area contributed by atoms with E-state index in [0.717, 1.165) is 12.8 Å². The molecule has 3 heteroatoms. The van der Waals surface area contributed by atoms with Crippen LogP contribution < -0.4 is 5.32 Å². The van der Waals surface area contributed by atoms with Crippen molar-refractivity contribution in [1.29, 1.82) is 5.26 Å². The van der Waals surface area contributed by atoms with Crippen LogP contribution in [0.4, 0.5) is 0 Å². The van der Waals surface area contributed by atoms with Crippen LogP contribution in [0.25, 0.3) is 0 Å². The van der Waals surface area contributed by atoms with E-state index >= 15 is 0 Å². The van der Waals surface area contributed by atoms with Gasteiger partial charge >= 0.3 is 0 Å². The largest absolute Gasteiger partial charge is 0.300 e. The zero-order valence-electron chi connectivity index (χ0n) is 12.4. The van der Waals surface area contributed by atoms with Gasteiger partial charge in [0.25, 0.3) is 0 Å². The Balaban J connectivity index is 1.62. The average molecular weight is 261 g/mol. The van der Waals surface area contributed by atoms with Crippen molar-refractivity contribution in [3.05, 3.63) is 0 Å². The predicted molar refractivity (Wildman–Crippen MR) is 76.7 cm³/mol. The smallest absolute Gasteiger partial charge is 0.108 e. The monoisotopic (exact) mass is 261 g/mol. The first-order chi connectivity index (χ1) is 9.02. The molecule has 3 fully saturated rings. The lowest BCUT2D eigenvalue weighted by atomic mass is 9.83. The van der Waals surface area contributed by atoms with Gasteiger partial charge in [-0.25, -0.2) is 0 Å². The minimum atomic E-state index is -0.215. The molecule has 0 aromatic rings. The van der Waals surface area contributed by atoms with Gasteiger partial charge in [-0.3, -0.25) is 10.2 Å². The van der Waals surface area contributed by atoms with E-state index < -0.39 is 0 Å². The minimum Gasteiger partial charge on any atom is -0.300 e. The van der Waals surface area contributed by atoms with E-state index in [2.05, 4.69) is 30.1 Å². The van der Waals surface area contributed by atoms with Crippen LogP contribution in [0.15, 0.2) is 0 Å². The van der Waals surface area contributed by atoms with Crippen LogP contribution >= 0.6 is 0 Å². The number of nitrogens with zero attached hydrogens (tertiary/aromatic N) is 2. The van der Waals surface area contributed by atoms with Gasteiger partial charge < -0.3 is 0 Å². The van der Waals surface area contributed by atoms with Crippen molar-refractivity contribution in [1.82, 2.24) is 10.2 Å². The highest BCUT2D eigenvalue weighted by Gasteiger charge is 2.45. The lowest BCUT2D eigenvalue weighted by Gasteiger charge is -2.41. The molecule has 0 aromatic carbocycles. The summed E-state index contributed by atoms with van der Waals surface area (Å²) in [5.41, 5.74) is 0.244. The molecular weight excluding hydrogens is 234 g/mol. The molecule has 0 aromatic heterocycles. The SMILES string of the molecule is CC1(C)CCCN(C2CCC(C#N)(NC3CC3)C2)C1. The first-order valence-electron chi connectivity index (χ1n) is 7.95. The summed E-state index contributed by atoms with van der Waals surface area (Å²) in [7, 11) is 0. The fraction of sp³-hybridized carbons (Fsp3) is 0.938. The summed E-state index contributed by atoms with van der Waals surface area (Å²) in [4.78, 5) is 2.66. The maximum absolute atomic E-state index is 9.58. The van der Waals surface area contributed by atoms with E-state index in [1.165, 1.54) is 45.2 Å². The van der Waals surface area contributed by atoms with Gasteiger partial charge in [0, 0.05) is 18.6 Å². The molecule has 19 heavy (non-hydrogen) atoms. The summed E-state index contributed by atoms with van der Waals surface area (Å²) < 4.78 is 0. The summed E-state index contributed by atoms with van der Waals surface area (Å²) in [6.45, 7) is 7.21. The normalized spacial score (nSPS) is 39.1. The topological polar surface area (TPSA) is 39.1 Å². The fourth-order valence-electron chi connectivity index (χ4n) is 3.99. The standard InChI is InChI=1S/C16H27N3/c1-15(2)7-3-9-19(12-15)14-6-8-16(10-14,11-17)18-13-4-5-13/h13-14,18H,3-10,12H2,1-2H3. The second kappa shape index (κ2) is 4.75. The van der Waals surface area contributed by atoms with Gasteiger partial charge in [-0.15, -0.1) is 0 Å². The summed E-state index contributed by atoms with van der Waals surface area (Å²) in [6, 6.07) is 3.87. The number of rotatable bonds is 3. The second-order valence-electron chi connectivity index (χ2n) is 7.75. The van der Waals surface area contributed by atoms with Gasteiger partial charge in [-0.2, -0.15) is 5.26 Å². The van der Waals surface area contributed by atoms with E-state index in [4.69, 9.17) is 0 Å². The molecule has 3 rings (SSSR count). The lowest BCUT2D eigenvalue weighted by Crippen LogP contribution is -2.48. The lowest BCUT2D eigenvalue weighted by molar-refractivity contribution is 0.0779. The maximum Gasteiger partial charge on any atom is 0.108 e. The first-order valence-corrected chi connectivity index (χ1v) is 7.95. The van der Waals surface area contributed by atoms with Crippen molar-refractivity contribution in [2.75, 3.05) is 13.1 Å². The van der Waals surface area contributed by atoms with Gasteiger partial charge in [0.05, 0.1) is 6.07 Å². The highest BCUT2D eigenvalue weighted by Crippen LogP contribution is 2.39. The predicted octanol–water partition coefficient (Wildman–Crippen LogP) is 2.68. The number of piperidine rings is 1. The number of hydrogen-bond donors (Lipinski definition) is 1. The third kappa shape index (κ3) is 2.95. The van der Waals surface area contributed by atoms with E-state index in [0.29, 0.717) is 17.5 Å². The van der Waals surface area contributed by atoms with Crippen LogP contribution in [-0.2, 0) is 0 Å². The van der Waals surface area contributed by atoms with Gasteiger partial charge in [-0.05, 0) is 56.9 Å². The highest BCUT2D eigenvalue weighted by atomic mass is 15.2. The van der Waals surface area contributed by atoms with Crippen molar-refractivity contribution < 1.29 is 0 Å². The molecule has 2 atom stereocenters. The number of likely N-dealkylation sites (tertiary alicyclic amines) is 1. The summed E-state index contributed by atoms with van der Waals surface area (Å²) in [5.74, 6) is 0. The van der Waals surface area contributed by atoms with E-state index in [-0.39, 0.29) is 5.54 Å². The molecule has 2 unspecified atom stereocenters. The van der Waals surface area contributed by atoms with Crippen LogP contribution in [0, 0.1) is 16.7 Å². The molecule has 0 radical (unpaired) electrons. The molecule has 0 spiro atoms. The number of hydrogen-bond acceptors (Lipinski definition) is 3. The molecule has 3 nitrogen and oxygen atoms in total. The molecule has 2 aliphatic carbocycles. The van der Waals surface area contributed by atoms with E-state index in [9.17, 15) is 5.26 Å². The Morgan fingerprint density at radius 2 is 2.00 bits per heavy atom. The molecule has 0 bridgehead atoms. The molecule has 2 saturated carbocycles. The third-order valence-corrected chi connectivity index (χ3v) is 5.21. The molecule has 1 saturated heterocycles. The van der Waals surface area contributed by atoms with Gasteiger partial charge in [0.15, 0.2) is 0 Å². The van der Waals surface area contributed by atoms with Crippen molar-refractivity contribution in [2.45, 2.75) is 76.4 Å². The van der Waals surface area contributed by atoms with Gasteiger partial charge in [-0.1, -0.05) is 13.8 Å². The Morgan fingerprint density at radius 1 is 1.21 bits per heavy atom. The molecule has 1 N–H and O–H groups in total. The van der Waals surface area contributed by atoms with Gasteiger partial charge in [0.1, 0.15) is 5.54 Å². The number of nitrogens with one attached hydrogen (secondary N) is 1. The fourth-order valence-corrected chi connectivity index (χ4v) is 3.99. The highest BCUT2D eigenvalue weighted by molar-refractivity contribution is 5.15. The Hall–Kier alpha value is -0.590. The molecule has 0 amide bonds. The van der Waals surface area contributed by atoms with Crippen LogP contribution in [0.3, 0.4) is 0 Å².